The van der Waals surface area contributed by atoms with Gasteiger partial charge in [-0.05, 0) is 22.5 Å². The highest BCUT2D eigenvalue weighted by molar-refractivity contribution is 7.10. The quantitative estimate of drug-likeness (QED) is 0.447. The van der Waals surface area contributed by atoms with E-state index in [0.29, 0.717) is 6.54 Å². The molecule has 1 rings (SSSR count). The third-order valence-corrected chi connectivity index (χ3v) is 2.39. The van der Waals surface area contributed by atoms with E-state index >= 15 is 0 Å². The number of hydrogen-bond acceptors (Lipinski definition) is 3. The molecule has 0 atom stereocenters. The van der Waals surface area contributed by atoms with Crippen molar-refractivity contribution in [2.75, 3.05) is 6.54 Å². The molecule has 0 bridgehead atoms. The fourth-order valence-corrected chi connectivity index (χ4v) is 1.62. The van der Waals surface area contributed by atoms with Gasteiger partial charge in [-0.15, -0.1) is 11.3 Å². The molecule has 0 unspecified atom stereocenters. The normalized spacial score (nSPS) is 10.2. The fraction of sp³-hybridized carbons (Fsp3) is 0.250. The summed E-state index contributed by atoms with van der Waals surface area (Å²) in [6, 6.07) is 1.92. The molecule has 4 nitrogen and oxygen atoms in total. The van der Waals surface area contributed by atoms with Crippen LogP contribution < -0.4 is 0 Å². The number of thiophene rings is 1. The summed E-state index contributed by atoms with van der Waals surface area (Å²) in [5.74, 6) is 0. The maximum atomic E-state index is 8.90. The van der Waals surface area contributed by atoms with Gasteiger partial charge < -0.3 is 5.11 Å². The van der Waals surface area contributed by atoms with Crippen LogP contribution in [0.3, 0.4) is 0 Å². The minimum Gasteiger partial charge on any atom is -0.391 e. The molecule has 0 radical (unpaired) electrons. The van der Waals surface area contributed by atoms with E-state index in [4.69, 9.17) is 10.6 Å². The van der Waals surface area contributed by atoms with Crippen LogP contribution in [-0.4, -0.2) is 11.7 Å². The second-order valence-electron chi connectivity index (χ2n) is 2.27. The number of nitrogens with zero attached hydrogens (tertiary/aromatic N) is 3. The molecule has 0 aliphatic rings. The summed E-state index contributed by atoms with van der Waals surface area (Å²) in [6.07, 6.45) is 3.61. The number of aliphatic hydroxyl groups is 1. The third kappa shape index (κ3) is 2.91. The van der Waals surface area contributed by atoms with Gasteiger partial charge in [0.25, 0.3) is 0 Å². The highest BCUT2D eigenvalue weighted by atomic mass is 32.1. The molecule has 5 heteroatoms. The minimum atomic E-state index is 0.0544. The Bertz CT molecular complexity index is 339. The lowest BCUT2D eigenvalue weighted by Gasteiger charge is -1.91. The van der Waals surface area contributed by atoms with Crippen LogP contribution in [0.4, 0.5) is 0 Å². The molecule has 0 saturated heterocycles. The summed E-state index contributed by atoms with van der Waals surface area (Å²) in [7, 11) is 0. The van der Waals surface area contributed by atoms with Gasteiger partial charge in [-0.25, -0.2) is 0 Å². The lowest BCUT2D eigenvalue weighted by Crippen LogP contribution is -1.79. The maximum absolute atomic E-state index is 8.90. The van der Waals surface area contributed by atoms with Gasteiger partial charge in [0.15, 0.2) is 0 Å². The molecule has 0 saturated carbocycles. The molecule has 1 N–H and O–H groups in total. The predicted molar refractivity (Wildman–Crippen MR) is 53.3 cm³/mol. The first kappa shape index (κ1) is 9.80. The monoisotopic (exact) mass is 195 g/mol. The standard InChI is InChI=1S/C8H9N3OS/c9-11-10-4-1-2-7-3-5-13-8(7)6-12/h1-3,5,12H,4,6H2. The summed E-state index contributed by atoms with van der Waals surface area (Å²) < 4.78 is 0. The van der Waals surface area contributed by atoms with Crippen molar-refractivity contribution >= 4 is 17.4 Å². The average molecular weight is 195 g/mol. The van der Waals surface area contributed by atoms with Gasteiger partial charge in [-0.1, -0.05) is 17.3 Å². The number of hydrogen-bond donors (Lipinski definition) is 1. The van der Waals surface area contributed by atoms with Gasteiger partial charge in [0.1, 0.15) is 0 Å². The van der Waals surface area contributed by atoms with Crippen molar-refractivity contribution in [1.29, 1.82) is 0 Å². The lowest BCUT2D eigenvalue weighted by molar-refractivity contribution is 0.285. The third-order valence-electron chi connectivity index (χ3n) is 1.47. The number of azide groups is 1. The lowest BCUT2D eigenvalue weighted by atomic mass is 10.2. The summed E-state index contributed by atoms with van der Waals surface area (Å²) in [6.45, 7) is 0.399. The van der Waals surface area contributed by atoms with Crippen LogP contribution in [0.5, 0.6) is 0 Å². The Morgan fingerprint density at radius 2 is 2.54 bits per heavy atom. The molecule has 0 amide bonds. The van der Waals surface area contributed by atoms with Crippen molar-refractivity contribution in [3.8, 4) is 0 Å². The smallest absolute Gasteiger partial charge is 0.0780 e. The van der Waals surface area contributed by atoms with Crippen LogP contribution in [0.15, 0.2) is 22.6 Å². The molecular formula is C8H9N3OS. The van der Waals surface area contributed by atoms with Crippen molar-refractivity contribution in [2.45, 2.75) is 6.61 Å². The Hall–Kier alpha value is -1.29. The minimum absolute atomic E-state index is 0.0544. The Kier molecular flexibility index (Phi) is 4.05. The maximum Gasteiger partial charge on any atom is 0.0780 e. The van der Waals surface area contributed by atoms with Crippen LogP contribution in [0.25, 0.3) is 16.5 Å². The van der Waals surface area contributed by atoms with Crippen LogP contribution in [0, 0.1) is 0 Å². The Balaban J connectivity index is 2.62. The zero-order valence-electron chi connectivity index (χ0n) is 6.92. The van der Waals surface area contributed by atoms with Crippen LogP contribution in [0.2, 0.25) is 0 Å². The molecule has 0 spiro atoms. The summed E-state index contributed by atoms with van der Waals surface area (Å²) >= 11 is 1.51. The van der Waals surface area contributed by atoms with E-state index in [0.717, 1.165) is 10.4 Å². The van der Waals surface area contributed by atoms with E-state index in [1.54, 1.807) is 6.08 Å². The van der Waals surface area contributed by atoms with Crippen molar-refractivity contribution in [2.24, 2.45) is 5.11 Å². The first-order valence-corrected chi connectivity index (χ1v) is 4.61. The number of aliphatic hydroxyl groups excluding tert-OH is 1. The highest BCUT2D eigenvalue weighted by Gasteiger charge is 1.97. The molecule has 1 heterocycles. The molecule has 0 aromatic carbocycles. The Morgan fingerprint density at radius 3 is 3.23 bits per heavy atom. The molecule has 0 fully saturated rings. The van der Waals surface area contributed by atoms with Crippen molar-refractivity contribution in [3.05, 3.63) is 38.4 Å². The molecule has 1 aromatic heterocycles. The van der Waals surface area contributed by atoms with Gasteiger partial charge >= 0.3 is 0 Å². The van der Waals surface area contributed by atoms with Crippen molar-refractivity contribution in [3.63, 3.8) is 0 Å². The Labute approximate surface area is 79.8 Å². The van der Waals surface area contributed by atoms with Crippen molar-refractivity contribution in [1.82, 2.24) is 0 Å². The first-order chi connectivity index (χ1) is 6.38. The van der Waals surface area contributed by atoms with Gasteiger partial charge in [0.2, 0.25) is 0 Å². The fourth-order valence-electron chi connectivity index (χ4n) is 0.891. The van der Waals surface area contributed by atoms with Gasteiger partial charge in [0.05, 0.1) is 6.61 Å². The highest BCUT2D eigenvalue weighted by Crippen LogP contribution is 2.17. The zero-order chi connectivity index (χ0) is 9.52. The zero-order valence-corrected chi connectivity index (χ0v) is 7.74. The van der Waals surface area contributed by atoms with Crippen LogP contribution in [0.1, 0.15) is 10.4 Å². The molecule has 68 valence electrons. The average Bonchev–Trinajstić information content (AvgIpc) is 2.60. The summed E-state index contributed by atoms with van der Waals surface area (Å²) in [5.41, 5.74) is 9.00. The Morgan fingerprint density at radius 1 is 1.69 bits per heavy atom. The van der Waals surface area contributed by atoms with E-state index in [-0.39, 0.29) is 6.61 Å². The van der Waals surface area contributed by atoms with E-state index in [2.05, 4.69) is 10.0 Å². The van der Waals surface area contributed by atoms with E-state index in [1.165, 1.54) is 11.3 Å². The van der Waals surface area contributed by atoms with Gasteiger partial charge in [0, 0.05) is 16.3 Å². The van der Waals surface area contributed by atoms with Gasteiger partial charge in [-0.2, -0.15) is 0 Å². The van der Waals surface area contributed by atoms with E-state index in [1.807, 2.05) is 17.5 Å². The molecule has 0 aliphatic carbocycles. The second kappa shape index (κ2) is 5.37. The van der Waals surface area contributed by atoms with Crippen LogP contribution >= 0.6 is 11.3 Å². The van der Waals surface area contributed by atoms with E-state index in [9.17, 15) is 0 Å². The molecule has 0 aliphatic heterocycles. The first-order valence-electron chi connectivity index (χ1n) is 3.73. The second-order valence-corrected chi connectivity index (χ2v) is 3.27. The number of rotatable bonds is 4. The SMILES string of the molecule is [N-]=[N+]=NCC=Cc1ccsc1CO. The van der Waals surface area contributed by atoms with Crippen molar-refractivity contribution < 1.29 is 5.11 Å². The predicted octanol–water partition coefficient (Wildman–Crippen LogP) is 2.56. The molecule has 1 aromatic rings. The topological polar surface area (TPSA) is 69.0 Å². The molecular weight excluding hydrogens is 186 g/mol. The van der Waals surface area contributed by atoms with Gasteiger partial charge in [-0.3, -0.25) is 0 Å². The summed E-state index contributed by atoms with van der Waals surface area (Å²) in [4.78, 5) is 3.55. The largest absolute Gasteiger partial charge is 0.391 e. The molecule has 13 heavy (non-hydrogen) atoms. The van der Waals surface area contributed by atoms with Crippen LogP contribution in [-0.2, 0) is 6.61 Å². The van der Waals surface area contributed by atoms with E-state index < -0.39 is 0 Å². The summed E-state index contributed by atoms with van der Waals surface area (Å²) in [5, 5.41) is 14.2.